The predicted octanol–water partition coefficient (Wildman–Crippen LogP) is 0.980. The van der Waals surface area contributed by atoms with Crippen LogP contribution in [0.5, 0.6) is 0 Å². The van der Waals surface area contributed by atoms with E-state index in [1.807, 2.05) is 20.8 Å². The predicted molar refractivity (Wildman–Crippen MR) is 51.1 cm³/mol. The van der Waals surface area contributed by atoms with E-state index in [2.05, 4.69) is 10.6 Å². The summed E-state index contributed by atoms with van der Waals surface area (Å²) in [6.07, 6.45) is -1.17. The molecule has 1 saturated heterocycles. The number of carbonyl (C=O) groups is 1. The number of halogens is 1. The van der Waals surface area contributed by atoms with Crippen LogP contribution in [0.4, 0.5) is 9.18 Å². The van der Waals surface area contributed by atoms with Crippen LogP contribution in [0.3, 0.4) is 0 Å². The maximum Gasteiger partial charge on any atom is 0.405 e. The van der Waals surface area contributed by atoms with Gasteiger partial charge in [-0.05, 0) is 5.41 Å². The van der Waals surface area contributed by atoms with Crippen molar-refractivity contribution in [2.75, 3.05) is 13.1 Å². The van der Waals surface area contributed by atoms with Crippen molar-refractivity contribution in [2.24, 2.45) is 5.41 Å². The molecule has 1 rings (SSSR count). The van der Waals surface area contributed by atoms with Gasteiger partial charge in [-0.2, -0.15) is 0 Å². The lowest BCUT2D eigenvalue weighted by Gasteiger charge is -2.46. The molecule has 1 atom stereocenters. The van der Waals surface area contributed by atoms with Crippen LogP contribution in [0, 0.1) is 5.41 Å². The maximum atomic E-state index is 14.0. The molecule has 14 heavy (non-hydrogen) atoms. The first-order valence-electron chi connectivity index (χ1n) is 4.65. The SMILES string of the molecule is CC(C)(C)C(NC(=O)O)C1(F)CNC1. The average molecular weight is 204 g/mol. The van der Waals surface area contributed by atoms with Gasteiger partial charge in [0.05, 0.1) is 6.04 Å². The van der Waals surface area contributed by atoms with Crippen LogP contribution >= 0.6 is 0 Å². The van der Waals surface area contributed by atoms with Crippen LogP contribution in [-0.2, 0) is 0 Å². The summed E-state index contributed by atoms with van der Waals surface area (Å²) in [5, 5.41) is 13.7. The first-order valence-corrected chi connectivity index (χ1v) is 4.65. The van der Waals surface area contributed by atoms with E-state index < -0.39 is 23.2 Å². The lowest BCUT2D eigenvalue weighted by atomic mass is 9.74. The fourth-order valence-corrected chi connectivity index (χ4v) is 1.81. The molecule has 1 aliphatic rings. The molecule has 82 valence electrons. The van der Waals surface area contributed by atoms with Crippen molar-refractivity contribution in [1.29, 1.82) is 0 Å². The summed E-state index contributed by atoms with van der Waals surface area (Å²) in [6, 6.07) is -0.672. The van der Waals surface area contributed by atoms with E-state index in [1.54, 1.807) is 0 Å². The molecule has 3 N–H and O–H groups in total. The molecule has 1 heterocycles. The molecule has 0 bridgehead atoms. The minimum absolute atomic E-state index is 0.217. The Morgan fingerprint density at radius 1 is 1.57 bits per heavy atom. The summed E-state index contributed by atoms with van der Waals surface area (Å²) in [6.45, 7) is 5.91. The van der Waals surface area contributed by atoms with Gasteiger partial charge in [-0.15, -0.1) is 0 Å². The number of rotatable bonds is 2. The Balaban J connectivity index is 2.76. The Morgan fingerprint density at radius 3 is 2.29 bits per heavy atom. The van der Waals surface area contributed by atoms with E-state index in [-0.39, 0.29) is 13.1 Å². The second kappa shape index (κ2) is 3.38. The van der Waals surface area contributed by atoms with E-state index in [1.165, 1.54) is 0 Å². The molecule has 1 unspecified atom stereocenters. The number of alkyl halides is 1. The van der Waals surface area contributed by atoms with Gasteiger partial charge in [-0.1, -0.05) is 20.8 Å². The van der Waals surface area contributed by atoms with Gasteiger partial charge in [-0.3, -0.25) is 0 Å². The summed E-state index contributed by atoms with van der Waals surface area (Å²) in [5.41, 5.74) is -1.87. The second-order valence-corrected chi connectivity index (χ2v) is 4.89. The van der Waals surface area contributed by atoms with E-state index in [9.17, 15) is 9.18 Å². The summed E-state index contributed by atoms with van der Waals surface area (Å²) in [4.78, 5) is 10.5. The maximum absolute atomic E-state index is 14.0. The Hall–Kier alpha value is -0.840. The molecule has 0 aromatic rings. The molecule has 0 aromatic heterocycles. The third-order valence-corrected chi connectivity index (χ3v) is 2.49. The quantitative estimate of drug-likeness (QED) is 0.628. The van der Waals surface area contributed by atoms with Crippen molar-refractivity contribution in [3.63, 3.8) is 0 Å². The zero-order valence-electron chi connectivity index (χ0n) is 8.72. The molecule has 0 saturated carbocycles. The molecule has 5 heteroatoms. The molecular weight excluding hydrogens is 187 g/mol. The van der Waals surface area contributed by atoms with E-state index >= 15 is 0 Å². The summed E-state index contributed by atoms with van der Waals surface area (Å²) in [7, 11) is 0. The molecular formula is C9H17FN2O2. The number of carboxylic acid groups (broad SMARTS) is 1. The Kier molecular flexibility index (Phi) is 2.71. The highest BCUT2D eigenvalue weighted by molar-refractivity contribution is 5.65. The average Bonchev–Trinajstić information content (AvgIpc) is 1.93. The minimum Gasteiger partial charge on any atom is -0.465 e. The molecule has 0 aliphatic carbocycles. The minimum atomic E-state index is -1.45. The van der Waals surface area contributed by atoms with Crippen molar-refractivity contribution in [3.8, 4) is 0 Å². The van der Waals surface area contributed by atoms with Gasteiger partial charge in [-0.25, -0.2) is 9.18 Å². The lowest BCUT2D eigenvalue weighted by molar-refractivity contribution is 0.00144. The van der Waals surface area contributed by atoms with Gasteiger partial charge in [0, 0.05) is 13.1 Å². The smallest absolute Gasteiger partial charge is 0.405 e. The van der Waals surface area contributed by atoms with Crippen LogP contribution in [0.2, 0.25) is 0 Å². The molecule has 4 nitrogen and oxygen atoms in total. The van der Waals surface area contributed by atoms with Crippen molar-refractivity contribution in [3.05, 3.63) is 0 Å². The zero-order chi connectivity index (χ0) is 11.0. The number of hydrogen-bond donors (Lipinski definition) is 3. The number of amides is 1. The molecule has 1 amide bonds. The van der Waals surface area contributed by atoms with Crippen LogP contribution in [-0.4, -0.2) is 36.0 Å². The van der Waals surface area contributed by atoms with E-state index in [0.29, 0.717) is 0 Å². The third-order valence-electron chi connectivity index (χ3n) is 2.49. The molecule has 0 radical (unpaired) electrons. The topological polar surface area (TPSA) is 61.4 Å². The van der Waals surface area contributed by atoms with Gasteiger partial charge in [0.15, 0.2) is 5.67 Å². The highest BCUT2D eigenvalue weighted by atomic mass is 19.1. The first kappa shape index (κ1) is 11.2. The second-order valence-electron chi connectivity index (χ2n) is 4.89. The fraction of sp³-hybridized carbons (Fsp3) is 0.889. The molecule has 0 aromatic carbocycles. The zero-order valence-corrected chi connectivity index (χ0v) is 8.72. The van der Waals surface area contributed by atoms with Gasteiger partial charge in [0.2, 0.25) is 0 Å². The van der Waals surface area contributed by atoms with Crippen LogP contribution in [0.25, 0.3) is 0 Å². The van der Waals surface area contributed by atoms with Crippen LogP contribution in [0.1, 0.15) is 20.8 Å². The van der Waals surface area contributed by atoms with Gasteiger partial charge >= 0.3 is 6.09 Å². The largest absolute Gasteiger partial charge is 0.465 e. The Morgan fingerprint density at radius 2 is 2.07 bits per heavy atom. The monoisotopic (exact) mass is 204 g/mol. The number of hydrogen-bond acceptors (Lipinski definition) is 2. The van der Waals surface area contributed by atoms with E-state index in [4.69, 9.17) is 5.11 Å². The molecule has 1 aliphatic heterocycles. The van der Waals surface area contributed by atoms with E-state index in [0.717, 1.165) is 0 Å². The fourth-order valence-electron chi connectivity index (χ4n) is 1.81. The van der Waals surface area contributed by atoms with Gasteiger partial charge in [0.25, 0.3) is 0 Å². The lowest BCUT2D eigenvalue weighted by Crippen LogP contribution is -2.70. The Labute approximate surface area is 82.9 Å². The van der Waals surface area contributed by atoms with Crippen LogP contribution in [0.15, 0.2) is 0 Å². The third kappa shape index (κ3) is 2.15. The van der Waals surface area contributed by atoms with Gasteiger partial charge in [0.1, 0.15) is 0 Å². The van der Waals surface area contributed by atoms with Crippen LogP contribution < -0.4 is 10.6 Å². The van der Waals surface area contributed by atoms with Crippen molar-refractivity contribution in [1.82, 2.24) is 10.6 Å². The summed E-state index contributed by atoms with van der Waals surface area (Å²) in [5.74, 6) is 0. The Bertz CT molecular complexity index is 233. The highest BCUT2D eigenvalue weighted by Gasteiger charge is 2.50. The highest BCUT2D eigenvalue weighted by Crippen LogP contribution is 2.33. The van der Waals surface area contributed by atoms with Crippen molar-refractivity contribution >= 4 is 6.09 Å². The van der Waals surface area contributed by atoms with Crippen molar-refractivity contribution < 1.29 is 14.3 Å². The number of nitrogens with one attached hydrogen (secondary N) is 2. The molecule has 1 fully saturated rings. The standard InChI is InChI=1S/C9H17FN2O2/c1-8(2,3)6(12-7(13)14)9(10)4-11-5-9/h6,11-12H,4-5H2,1-3H3,(H,13,14). The summed E-state index contributed by atoms with van der Waals surface area (Å²) < 4.78 is 14.0. The van der Waals surface area contributed by atoms with Gasteiger partial charge < -0.3 is 15.7 Å². The normalized spacial score (nSPS) is 22.3. The first-order chi connectivity index (χ1) is 6.26. The molecule has 0 spiro atoms. The summed E-state index contributed by atoms with van der Waals surface area (Å²) >= 11 is 0. The van der Waals surface area contributed by atoms with Crippen molar-refractivity contribution in [2.45, 2.75) is 32.5 Å².